The van der Waals surface area contributed by atoms with E-state index in [1.807, 2.05) is 12.1 Å². The number of thiophene rings is 1. The molecule has 84 valence electrons. The lowest BCUT2D eigenvalue weighted by molar-refractivity contribution is 0.858. The molecule has 0 bridgehead atoms. The van der Waals surface area contributed by atoms with Crippen molar-refractivity contribution in [2.75, 3.05) is 0 Å². The molecule has 1 aromatic heterocycles. The van der Waals surface area contributed by atoms with Crippen LogP contribution in [0.4, 0.5) is 0 Å². The fraction of sp³-hybridized carbons (Fsp3) is 0.231. The second-order valence-corrected chi connectivity index (χ2v) is 5.84. The zero-order valence-corrected chi connectivity index (χ0v) is 11.7. The van der Waals surface area contributed by atoms with E-state index in [1.54, 1.807) is 11.3 Å². The Balaban J connectivity index is 2.46. The maximum Gasteiger partial charge on any atom is 0.0565 e. The number of aryl methyl sites for hydroxylation is 1. The second kappa shape index (κ2) is 4.70. The van der Waals surface area contributed by atoms with Crippen LogP contribution in [-0.2, 0) is 0 Å². The molecule has 1 atom stereocenters. The molecule has 0 amide bonds. The fourth-order valence-corrected chi connectivity index (χ4v) is 2.98. The van der Waals surface area contributed by atoms with Crippen LogP contribution in [-0.4, -0.2) is 0 Å². The first-order chi connectivity index (χ1) is 7.61. The summed E-state index contributed by atoms with van der Waals surface area (Å²) in [6.07, 6.45) is 0. The fourth-order valence-electron chi connectivity index (χ4n) is 1.85. The molecule has 2 rings (SSSR count). The van der Waals surface area contributed by atoms with E-state index in [4.69, 9.17) is 5.73 Å². The Morgan fingerprint density at radius 2 is 1.94 bits per heavy atom. The standard InChI is InChI=1S/C13H14BrNS/c1-8-10(4-3-5-12(8)14)13(15)11-6-7-16-9(11)2/h3-7,13H,15H2,1-2H3. The van der Waals surface area contributed by atoms with Gasteiger partial charge in [-0.2, -0.15) is 0 Å². The molecule has 2 N–H and O–H groups in total. The SMILES string of the molecule is Cc1sccc1C(N)c1cccc(Br)c1C. The number of nitrogens with two attached hydrogens (primary N) is 1. The normalized spacial score (nSPS) is 12.8. The summed E-state index contributed by atoms with van der Waals surface area (Å²) < 4.78 is 1.12. The molecule has 0 aliphatic rings. The summed E-state index contributed by atoms with van der Waals surface area (Å²) in [6.45, 7) is 4.22. The zero-order chi connectivity index (χ0) is 11.7. The highest BCUT2D eigenvalue weighted by Crippen LogP contribution is 2.30. The van der Waals surface area contributed by atoms with Gasteiger partial charge < -0.3 is 5.73 Å². The van der Waals surface area contributed by atoms with Crippen molar-refractivity contribution in [2.24, 2.45) is 5.73 Å². The molecule has 0 saturated carbocycles. The molecule has 0 aliphatic heterocycles. The molecular weight excluding hydrogens is 282 g/mol. The van der Waals surface area contributed by atoms with Crippen molar-refractivity contribution in [1.29, 1.82) is 0 Å². The summed E-state index contributed by atoms with van der Waals surface area (Å²) in [5.74, 6) is 0. The van der Waals surface area contributed by atoms with Crippen molar-refractivity contribution in [3.8, 4) is 0 Å². The molecule has 1 unspecified atom stereocenters. The number of rotatable bonds is 2. The zero-order valence-electron chi connectivity index (χ0n) is 9.33. The first-order valence-electron chi connectivity index (χ1n) is 5.16. The van der Waals surface area contributed by atoms with Gasteiger partial charge in [0.15, 0.2) is 0 Å². The molecule has 3 heteroatoms. The topological polar surface area (TPSA) is 26.0 Å². The number of halogens is 1. The molecular formula is C13H14BrNS. The van der Waals surface area contributed by atoms with E-state index in [2.05, 4.69) is 47.3 Å². The largest absolute Gasteiger partial charge is 0.320 e. The third-order valence-corrected chi connectivity index (χ3v) is 4.60. The van der Waals surface area contributed by atoms with Crippen LogP contribution in [0.3, 0.4) is 0 Å². The molecule has 0 aliphatic carbocycles. The van der Waals surface area contributed by atoms with E-state index >= 15 is 0 Å². The van der Waals surface area contributed by atoms with Crippen LogP contribution in [0.1, 0.15) is 27.6 Å². The van der Waals surface area contributed by atoms with Crippen molar-refractivity contribution in [2.45, 2.75) is 19.9 Å². The average Bonchev–Trinajstić information content (AvgIpc) is 2.68. The predicted octanol–water partition coefficient (Wildman–Crippen LogP) is 4.18. The third-order valence-electron chi connectivity index (χ3n) is 2.88. The quantitative estimate of drug-likeness (QED) is 0.884. The number of hydrogen-bond acceptors (Lipinski definition) is 2. The molecule has 1 aromatic carbocycles. The van der Waals surface area contributed by atoms with Crippen LogP contribution in [0.5, 0.6) is 0 Å². The van der Waals surface area contributed by atoms with Gasteiger partial charge in [0.25, 0.3) is 0 Å². The molecule has 16 heavy (non-hydrogen) atoms. The van der Waals surface area contributed by atoms with Gasteiger partial charge in [-0.15, -0.1) is 11.3 Å². The maximum absolute atomic E-state index is 6.32. The van der Waals surface area contributed by atoms with Crippen molar-refractivity contribution >= 4 is 27.3 Å². The van der Waals surface area contributed by atoms with Gasteiger partial charge in [-0.1, -0.05) is 28.1 Å². The van der Waals surface area contributed by atoms with Gasteiger partial charge in [0.05, 0.1) is 6.04 Å². The Labute approximate surface area is 108 Å². The van der Waals surface area contributed by atoms with E-state index in [1.165, 1.54) is 21.6 Å². The van der Waals surface area contributed by atoms with Gasteiger partial charge in [-0.3, -0.25) is 0 Å². The van der Waals surface area contributed by atoms with E-state index < -0.39 is 0 Å². The minimum atomic E-state index is -0.0243. The van der Waals surface area contributed by atoms with Gasteiger partial charge in [-0.05, 0) is 48.1 Å². The van der Waals surface area contributed by atoms with Crippen molar-refractivity contribution in [3.63, 3.8) is 0 Å². The van der Waals surface area contributed by atoms with E-state index in [9.17, 15) is 0 Å². The third kappa shape index (κ3) is 2.08. The first-order valence-corrected chi connectivity index (χ1v) is 6.83. The highest BCUT2D eigenvalue weighted by Gasteiger charge is 2.15. The van der Waals surface area contributed by atoms with Gasteiger partial charge in [0.2, 0.25) is 0 Å². The van der Waals surface area contributed by atoms with E-state index in [0.717, 1.165) is 4.47 Å². The second-order valence-electron chi connectivity index (χ2n) is 3.86. The minimum Gasteiger partial charge on any atom is -0.320 e. The summed E-state index contributed by atoms with van der Waals surface area (Å²) in [4.78, 5) is 1.30. The van der Waals surface area contributed by atoms with Gasteiger partial charge >= 0.3 is 0 Å². The lowest BCUT2D eigenvalue weighted by Crippen LogP contribution is -2.13. The summed E-state index contributed by atoms with van der Waals surface area (Å²) >= 11 is 5.29. The van der Waals surface area contributed by atoms with Gasteiger partial charge in [0, 0.05) is 9.35 Å². The Hall–Kier alpha value is -0.640. The monoisotopic (exact) mass is 295 g/mol. The maximum atomic E-state index is 6.32. The number of hydrogen-bond donors (Lipinski definition) is 1. The molecule has 1 heterocycles. The highest BCUT2D eigenvalue weighted by molar-refractivity contribution is 9.10. The van der Waals surface area contributed by atoms with Crippen LogP contribution in [0.2, 0.25) is 0 Å². The Morgan fingerprint density at radius 3 is 2.56 bits per heavy atom. The smallest absolute Gasteiger partial charge is 0.0565 e. The highest BCUT2D eigenvalue weighted by atomic mass is 79.9. The first kappa shape index (κ1) is 11.8. The van der Waals surface area contributed by atoms with E-state index in [-0.39, 0.29) is 6.04 Å². The Kier molecular flexibility index (Phi) is 3.47. The van der Waals surface area contributed by atoms with Crippen LogP contribution in [0, 0.1) is 13.8 Å². The average molecular weight is 296 g/mol. The van der Waals surface area contributed by atoms with Crippen molar-refractivity contribution < 1.29 is 0 Å². The van der Waals surface area contributed by atoms with Gasteiger partial charge in [-0.25, -0.2) is 0 Å². The lowest BCUT2D eigenvalue weighted by Gasteiger charge is -2.15. The summed E-state index contributed by atoms with van der Waals surface area (Å²) in [7, 11) is 0. The van der Waals surface area contributed by atoms with Crippen LogP contribution < -0.4 is 5.73 Å². The Bertz CT molecular complexity index is 504. The van der Waals surface area contributed by atoms with Crippen molar-refractivity contribution in [3.05, 3.63) is 55.7 Å². The molecule has 0 radical (unpaired) electrons. The molecule has 0 fully saturated rings. The summed E-state index contributed by atoms with van der Waals surface area (Å²) in [5, 5.41) is 2.10. The summed E-state index contributed by atoms with van der Waals surface area (Å²) in [6, 6.07) is 8.27. The molecule has 1 nitrogen and oxygen atoms in total. The summed E-state index contributed by atoms with van der Waals surface area (Å²) in [5.41, 5.74) is 9.96. The lowest BCUT2D eigenvalue weighted by atomic mass is 9.96. The van der Waals surface area contributed by atoms with Gasteiger partial charge in [0.1, 0.15) is 0 Å². The minimum absolute atomic E-state index is 0.0243. The molecule has 0 spiro atoms. The predicted molar refractivity (Wildman–Crippen MR) is 74.0 cm³/mol. The Morgan fingerprint density at radius 1 is 1.19 bits per heavy atom. The van der Waals surface area contributed by atoms with Crippen molar-refractivity contribution in [1.82, 2.24) is 0 Å². The van der Waals surface area contributed by atoms with Crippen LogP contribution >= 0.6 is 27.3 Å². The number of benzene rings is 1. The van der Waals surface area contributed by atoms with Crippen LogP contribution in [0.15, 0.2) is 34.1 Å². The molecule has 2 aromatic rings. The van der Waals surface area contributed by atoms with Crippen LogP contribution in [0.25, 0.3) is 0 Å². The van der Waals surface area contributed by atoms with E-state index in [0.29, 0.717) is 0 Å². The molecule has 0 saturated heterocycles.